The zero-order valence-corrected chi connectivity index (χ0v) is 14.6. The maximum Gasteiger partial charge on any atom is 0.241 e. The van der Waals surface area contributed by atoms with E-state index in [-0.39, 0.29) is 11.8 Å². The van der Waals surface area contributed by atoms with Crippen molar-refractivity contribution in [2.45, 2.75) is 20.8 Å². The Hall–Kier alpha value is -1.88. The summed E-state index contributed by atoms with van der Waals surface area (Å²) in [5, 5.41) is 0. The molecule has 0 atom stereocenters. The predicted octanol–water partition coefficient (Wildman–Crippen LogP) is 1.84. The minimum atomic E-state index is -1.06. The molecule has 0 aromatic heterocycles. The van der Waals surface area contributed by atoms with E-state index in [2.05, 4.69) is 11.8 Å². The topological polar surface area (TPSA) is 43.9 Å². The summed E-state index contributed by atoms with van der Waals surface area (Å²) in [4.78, 5) is 31.4. The van der Waals surface area contributed by atoms with Gasteiger partial charge in [-0.1, -0.05) is 25.1 Å². The minimum absolute atomic E-state index is 0.0824. The second-order valence-corrected chi connectivity index (χ2v) is 6.55. The Morgan fingerprint density at radius 1 is 1.09 bits per heavy atom. The third-order valence-corrected chi connectivity index (χ3v) is 4.62. The Bertz CT molecular complexity index is 549. The third-order valence-electron chi connectivity index (χ3n) is 4.62. The summed E-state index contributed by atoms with van der Waals surface area (Å²) in [5.74, 6) is -0.257. The number of hydrogen-bond acceptors (Lipinski definition) is 3. The molecule has 0 saturated carbocycles. The van der Waals surface area contributed by atoms with Crippen LogP contribution in [-0.4, -0.2) is 61.4 Å². The van der Waals surface area contributed by atoms with Gasteiger partial charge in [0.1, 0.15) is 5.41 Å². The van der Waals surface area contributed by atoms with Gasteiger partial charge >= 0.3 is 0 Å². The lowest BCUT2D eigenvalue weighted by Crippen LogP contribution is -2.55. The lowest BCUT2D eigenvalue weighted by molar-refractivity contribution is -0.148. The number of rotatable bonds is 4. The summed E-state index contributed by atoms with van der Waals surface area (Å²) in [6, 6.07) is 9.43. The normalized spacial score (nSPS) is 16.3. The first kappa shape index (κ1) is 17.5. The number of carbonyl (C=O) groups is 2. The van der Waals surface area contributed by atoms with Gasteiger partial charge in [0, 0.05) is 38.9 Å². The van der Waals surface area contributed by atoms with Gasteiger partial charge in [-0.2, -0.15) is 0 Å². The van der Waals surface area contributed by atoms with E-state index in [9.17, 15) is 9.59 Å². The summed E-state index contributed by atoms with van der Waals surface area (Å²) in [6.45, 7) is 9.71. The molecule has 1 heterocycles. The molecule has 126 valence electrons. The highest BCUT2D eigenvalue weighted by atomic mass is 16.2. The second-order valence-electron chi connectivity index (χ2n) is 6.55. The van der Waals surface area contributed by atoms with Crippen LogP contribution in [0.1, 0.15) is 20.8 Å². The van der Waals surface area contributed by atoms with Crippen LogP contribution in [0.5, 0.6) is 0 Å². The van der Waals surface area contributed by atoms with Crippen molar-refractivity contribution in [3.05, 3.63) is 30.3 Å². The first-order valence-corrected chi connectivity index (χ1v) is 8.23. The molecule has 5 heteroatoms. The van der Waals surface area contributed by atoms with Crippen LogP contribution in [0.4, 0.5) is 5.69 Å². The van der Waals surface area contributed by atoms with Gasteiger partial charge in [0.2, 0.25) is 11.8 Å². The number of hydrogen-bond donors (Lipinski definition) is 0. The van der Waals surface area contributed by atoms with Crippen LogP contribution in [0.15, 0.2) is 30.3 Å². The van der Waals surface area contributed by atoms with E-state index in [4.69, 9.17) is 0 Å². The quantitative estimate of drug-likeness (QED) is 0.796. The van der Waals surface area contributed by atoms with Gasteiger partial charge in [-0.05, 0) is 32.5 Å². The highest BCUT2D eigenvalue weighted by Crippen LogP contribution is 2.25. The molecular weight excluding hydrogens is 290 g/mol. The SMILES string of the molecule is CCN1CCN(C(=O)C(C)(C)C(=O)N(C)c2ccccc2)CC1. The van der Waals surface area contributed by atoms with E-state index in [1.807, 2.05) is 35.2 Å². The number of likely N-dealkylation sites (N-methyl/N-ethyl adjacent to an activating group) is 1. The zero-order valence-electron chi connectivity index (χ0n) is 14.6. The molecule has 0 bridgehead atoms. The first-order chi connectivity index (χ1) is 10.9. The third kappa shape index (κ3) is 3.72. The molecule has 0 radical (unpaired) electrons. The van der Waals surface area contributed by atoms with Gasteiger partial charge in [-0.15, -0.1) is 0 Å². The van der Waals surface area contributed by atoms with Gasteiger partial charge in [-0.3, -0.25) is 9.59 Å². The lowest BCUT2D eigenvalue weighted by atomic mass is 9.89. The van der Waals surface area contributed by atoms with Crippen LogP contribution in [0, 0.1) is 5.41 Å². The maximum absolute atomic E-state index is 12.9. The van der Waals surface area contributed by atoms with Gasteiger partial charge in [-0.25, -0.2) is 0 Å². The Morgan fingerprint density at radius 3 is 2.17 bits per heavy atom. The van der Waals surface area contributed by atoms with Gasteiger partial charge in [0.25, 0.3) is 0 Å². The van der Waals surface area contributed by atoms with Crippen LogP contribution in [-0.2, 0) is 9.59 Å². The fraction of sp³-hybridized carbons (Fsp3) is 0.556. The van der Waals surface area contributed by atoms with Crippen molar-refractivity contribution >= 4 is 17.5 Å². The lowest BCUT2D eigenvalue weighted by Gasteiger charge is -2.38. The molecular formula is C18H27N3O2. The fourth-order valence-electron chi connectivity index (χ4n) is 2.94. The Labute approximate surface area is 138 Å². The van der Waals surface area contributed by atoms with Gasteiger partial charge < -0.3 is 14.7 Å². The van der Waals surface area contributed by atoms with E-state index >= 15 is 0 Å². The summed E-state index contributed by atoms with van der Waals surface area (Å²) in [5.41, 5.74) is -0.256. The molecule has 0 N–H and O–H groups in total. The van der Waals surface area contributed by atoms with Crippen molar-refractivity contribution in [3.63, 3.8) is 0 Å². The molecule has 0 unspecified atom stereocenters. The molecule has 5 nitrogen and oxygen atoms in total. The molecule has 2 amide bonds. The number of para-hydroxylation sites is 1. The second kappa shape index (κ2) is 7.13. The van der Waals surface area contributed by atoms with Crippen molar-refractivity contribution in [1.29, 1.82) is 0 Å². The minimum Gasteiger partial charge on any atom is -0.339 e. The average Bonchev–Trinajstić information content (AvgIpc) is 2.60. The molecule has 1 aromatic carbocycles. The number of nitrogens with zero attached hydrogens (tertiary/aromatic N) is 3. The predicted molar refractivity (Wildman–Crippen MR) is 92.3 cm³/mol. The summed E-state index contributed by atoms with van der Waals surface area (Å²) in [7, 11) is 1.72. The molecule has 23 heavy (non-hydrogen) atoms. The van der Waals surface area contributed by atoms with Crippen molar-refractivity contribution in [1.82, 2.24) is 9.80 Å². The summed E-state index contributed by atoms with van der Waals surface area (Å²) >= 11 is 0. The summed E-state index contributed by atoms with van der Waals surface area (Å²) in [6.07, 6.45) is 0. The van der Waals surface area contributed by atoms with Crippen LogP contribution < -0.4 is 4.90 Å². The van der Waals surface area contributed by atoms with Crippen molar-refractivity contribution < 1.29 is 9.59 Å². The molecule has 1 saturated heterocycles. The average molecular weight is 317 g/mol. The number of amides is 2. The van der Waals surface area contributed by atoms with Crippen LogP contribution >= 0.6 is 0 Å². The fourth-order valence-corrected chi connectivity index (χ4v) is 2.94. The maximum atomic E-state index is 12.9. The van der Waals surface area contributed by atoms with E-state index in [0.717, 1.165) is 25.3 Å². The molecule has 1 aromatic rings. The van der Waals surface area contributed by atoms with Crippen molar-refractivity contribution in [2.75, 3.05) is 44.7 Å². The standard InChI is InChI=1S/C18H27N3O2/c1-5-20-11-13-21(14-12-20)17(23)18(2,3)16(22)19(4)15-9-7-6-8-10-15/h6-10H,5,11-14H2,1-4H3. The van der Waals surface area contributed by atoms with Crippen molar-refractivity contribution in [2.24, 2.45) is 5.41 Å². The van der Waals surface area contributed by atoms with Crippen LogP contribution in [0.25, 0.3) is 0 Å². The van der Waals surface area contributed by atoms with Crippen LogP contribution in [0.3, 0.4) is 0 Å². The monoisotopic (exact) mass is 317 g/mol. The largest absolute Gasteiger partial charge is 0.339 e. The number of carbonyl (C=O) groups excluding carboxylic acids is 2. The summed E-state index contributed by atoms with van der Waals surface area (Å²) < 4.78 is 0. The molecule has 1 aliphatic rings. The van der Waals surface area contributed by atoms with Crippen LogP contribution in [0.2, 0.25) is 0 Å². The Kier molecular flexibility index (Phi) is 5.42. The van der Waals surface area contributed by atoms with Gasteiger partial charge in [0.15, 0.2) is 0 Å². The Morgan fingerprint density at radius 2 is 1.65 bits per heavy atom. The number of anilines is 1. The number of benzene rings is 1. The molecule has 0 aliphatic carbocycles. The molecule has 1 aliphatic heterocycles. The van der Waals surface area contributed by atoms with Crippen molar-refractivity contribution in [3.8, 4) is 0 Å². The first-order valence-electron chi connectivity index (χ1n) is 8.23. The molecule has 2 rings (SSSR count). The highest BCUT2D eigenvalue weighted by molar-refractivity contribution is 6.10. The van der Waals surface area contributed by atoms with E-state index < -0.39 is 5.41 Å². The molecule has 1 fully saturated rings. The number of piperazine rings is 1. The molecule has 0 spiro atoms. The smallest absolute Gasteiger partial charge is 0.241 e. The zero-order chi connectivity index (χ0) is 17.0. The highest BCUT2D eigenvalue weighted by Gasteiger charge is 2.41. The van der Waals surface area contributed by atoms with E-state index in [1.165, 1.54) is 0 Å². The Balaban J connectivity index is 2.08. The van der Waals surface area contributed by atoms with E-state index in [1.54, 1.807) is 25.8 Å². The van der Waals surface area contributed by atoms with E-state index in [0.29, 0.717) is 13.1 Å². The van der Waals surface area contributed by atoms with Gasteiger partial charge in [0.05, 0.1) is 0 Å².